The third-order valence-corrected chi connectivity index (χ3v) is 5.03. The average Bonchev–Trinajstić information content (AvgIpc) is 2.88. The number of carbonyl (C=O) groups is 1. The lowest BCUT2D eigenvalue weighted by Gasteiger charge is -2.28. The largest absolute Gasteiger partial charge is 0.392 e. The highest BCUT2D eigenvalue weighted by atomic mass is 32.1. The van der Waals surface area contributed by atoms with Crippen LogP contribution >= 0.6 is 12.2 Å². The standard InChI is InChI=1S/C14H24N2OS/c15-12(18)14(8-4-5-9-14)13(17)16-10-11-6-2-1-3-7-11/h11H,1-10H2,(H2,15,18)(H,16,17). The summed E-state index contributed by atoms with van der Waals surface area (Å²) in [7, 11) is 0. The molecule has 2 aliphatic rings. The molecule has 18 heavy (non-hydrogen) atoms. The van der Waals surface area contributed by atoms with Crippen molar-refractivity contribution in [3.63, 3.8) is 0 Å². The van der Waals surface area contributed by atoms with E-state index in [0.29, 0.717) is 10.9 Å². The van der Waals surface area contributed by atoms with Crippen LogP contribution in [0.4, 0.5) is 0 Å². The smallest absolute Gasteiger partial charge is 0.233 e. The van der Waals surface area contributed by atoms with Gasteiger partial charge in [0.05, 0.1) is 10.4 Å². The summed E-state index contributed by atoms with van der Waals surface area (Å²) in [5, 5.41) is 3.11. The minimum atomic E-state index is -0.538. The number of hydrogen-bond acceptors (Lipinski definition) is 2. The number of carbonyl (C=O) groups excluding carboxylic acids is 1. The Hall–Kier alpha value is -0.640. The highest BCUT2D eigenvalue weighted by Crippen LogP contribution is 2.38. The molecule has 2 fully saturated rings. The molecule has 0 heterocycles. The van der Waals surface area contributed by atoms with Gasteiger partial charge in [-0.3, -0.25) is 4.79 Å². The van der Waals surface area contributed by atoms with Gasteiger partial charge in [-0.1, -0.05) is 44.3 Å². The number of nitrogens with two attached hydrogens (primary N) is 1. The van der Waals surface area contributed by atoms with Crippen LogP contribution in [0, 0.1) is 11.3 Å². The maximum atomic E-state index is 12.4. The van der Waals surface area contributed by atoms with Crippen molar-refractivity contribution in [1.82, 2.24) is 5.32 Å². The lowest BCUT2D eigenvalue weighted by molar-refractivity contribution is -0.127. The first-order valence-corrected chi connectivity index (χ1v) is 7.64. The first-order valence-electron chi connectivity index (χ1n) is 7.23. The van der Waals surface area contributed by atoms with Gasteiger partial charge in [-0.2, -0.15) is 0 Å². The summed E-state index contributed by atoms with van der Waals surface area (Å²) < 4.78 is 0. The zero-order valence-corrected chi connectivity index (χ0v) is 11.9. The Morgan fingerprint density at radius 1 is 1.17 bits per heavy atom. The zero-order valence-electron chi connectivity index (χ0n) is 11.0. The molecule has 0 aromatic carbocycles. The van der Waals surface area contributed by atoms with E-state index in [4.69, 9.17) is 18.0 Å². The first-order chi connectivity index (χ1) is 8.65. The molecule has 3 nitrogen and oxygen atoms in total. The molecule has 0 spiro atoms. The molecule has 102 valence electrons. The molecular weight excluding hydrogens is 244 g/mol. The van der Waals surface area contributed by atoms with Crippen LogP contribution in [0.5, 0.6) is 0 Å². The van der Waals surface area contributed by atoms with E-state index in [2.05, 4.69) is 5.32 Å². The lowest BCUT2D eigenvalue weighted by Crippen LogP contribution is -2.48. The van der Waals surface area contributed by atoms with E-state index in [1.165, 1.54) is 32.1 Å². The van der Waals surface area contributed by atoms with Crippen molar-refractivity contribution >= 4 is 23.1 Å². The summed E-state index contributed by atoms with van der Waals surface area (Å²) in [6, 6.07) is 0. The van der Waals surface area contributed by atoms with E-state index in [1.54, 1.807) is 0 Å². The van der Waals surface area contributed by atoms with E-state index in [-0.39, 0.29) is 5.91 Å². The molecule has 0 aromatic rings. The first kappa shape index (κ1) is 13.8. The molecule has 0 aliphatic heterocycles. The van der Waals surface area contributed by atoms with Crippen molar-refractivity contribution in [2.24, 2.45) is 17.1 Å². The maximum absolute atomic E-state index is 12.4. The maximum Gasteiger partial charge on any atom is 0.233 e. The van der Waals surface area contributed by atoms with E-state index < -0.39 is 5.41 Å². The third-order valence-electron chi connectivity index (χ3n) is 4.64. The minimum Gasteiger partial charge on any atom is -0.392 e. The molecule has 0 unspecified atom stereocenters. The van der Waals surface area contributed by atoms with Crippen LogP contribution in [0.2, 0.25) is 0 Å². The summed E-state index contributed by atoms with van der Waals surface area (Å²) in [6.45, 7) is 0.809. The van der Waals surface area contributed by atoms with Gasteiger partial charge in [-0.05, 0) is 31.6 Å². The van der Waals surface area contributed by atoms with Crippen LogP contribution in [0.3, 0.4) is 0 Å². The van der Waals surface area contributed by atoms with E-state index in [0.717, 1.165) is 32.2 Å². The predicted molar refractivity (Wildman–Crippen MR) is 77.3 cm³/mol. The van der Waals surface area contributed by atoms with Crippen molar-refractivity contribution in [3.05, 3.63) is 0 Å². The Morgan fingerprint density at radius 3 is 2.33 bits per heavy atom. The molecule has 0 atom stereocenters. The molecule has 4 heteroatoms. The number of rotatable bonds is 4. The number of nitrogens with one attached hydrogen (secondary N) is 1. The van der Waals surface area contributed by atoms with Gasteiger partial charge in [-0.15, -0.1) is 0 Å². The Bertz CT molecular complexity index is 318. The van der Waals surface area contributed by atoms with Crippen LogP contribution in [0.25, 0.3) is 0 Å². The average molecular weight is 268 g/mol. The van der Waals surface area contributed by atoms with Crippen LogP contribution in [0.15, 0.2) is 0 Å². The monoisotopic (exact) mass is 268 g/mol. The molecule has 3 N–H and O–H groups in total. The Kier molecular flexibility index (Phi) is 4.60. The van der Waals surface area contributed by atoms with Crippen LogP contribution < -0.4 is 11.1 Å². The third kappa shape index (κ3) is 2.85. The van der Waals surface area contributed by atoms with Crippen molar-refractivity contribution in [1.29, 1.82) is 0 Å². The van der Waals surface area contributed by atoms with Gasteiger partial charge >= 0.3 is 0 Å². The van der Waals surface area contributed by atoms with Crippen molar-refractivity contribution in [2.75, 3.05) is 6.54 Å². The summed E-state index contributed by atoms with van der Waals surface area (Å²) in [6.07, 6.45) is 10.3. The topological polar surface area (TPSA) is 55.1 Å². The van der Waals surface area contributed by atoms with Crippen molar-refractivity contribution in [3.8, 4) is 0 Å². The van der Waals surface area contributed by atoms with Gasteiger partial charge in [0.2, 0.25) is 5.91 Å². The zero-order chi connectivity index (χ0) is 13.0. The number of thiocarbonyl (C=S) groups is 1. The van der Waals surface area contributed by atoms with Gasteiger partial charge in [0, 0.05) is 6.54 Å². The van der Waals surface area contributed by atoms with Crippen molar-refractivity contribution < 1.29 is 4.79 Å². The van der Waals surface area contributed by atoms with Crippen molar-refractivity contribution in [2.45, 2.75) is 57.8 Å². The number of hydrogen-bond donors (Lipinski definition) is 2. The fraction of sp³-hybridized carbons (Fsp3) is 0.857. The summed E-state index contributed by atoms with van der Waals surface area (Å²) in [5.41, 5.74) is 5.28. The lowest BCUT2D eigenvalue weighted by atomic mass is 9.84. The highest BCUT2D eigenvalue weighted by Gasteiger charge is 2.43. The molecule has 0 aromatic heterocycles. The second-order valence-corrected chi connectivity index (χ2v) is 6.31. The number of amides is 1. The second-order valence-electron chi connectivity index (χ2n) is 5.87. The molecule has 0 radical (unpaired) electrons. The highest BCUT2D eigenvalue weighted by molar-refractivity contribution is 7.80. The molecule has 2 saturated carbocycles. The summed E-state index contributed by atoms with van der Waals surface area (Å²) in [5.74, 6) is 0.741. The Morgan fingerprint density at radius 2 is 1.78 bits per heavy atom. The predicted octanol–water partition coefficient (Wildman–Crippen LogP) is 2.53. The van der Waals surface area contributed by atoms with Crippen LogP contribution in [-0.2, 0) is 4.79 Å². The van der Waals surface area contributed by atoms with Gasteiger partial charge in [0.1, 0.15) is 0 Å². The molecule has 2 aliphatic carbocycles. The summed E-state index contributed by atoms with van der Waals surface area (Å²) in [4.78, 5) is 12.8. The molecular formula is C14H24N2OS. The van der Waals surface area contributed by atoms with Gasteiger partial charge in [0.15, 0.2) is 0 Å². The van der Waals surface area contributed by atoms with E-state index in [1.807, 2.05) is 0 Å². The quantitative estimate of drug-likeness (QED) is 0.770. The van der Waals surface area contributed by atoms with Gasteiger partial charge in [0.25, 0.3) is 0 Å². The second kappa shape index (κ2) is 6.00. The Labute approximate surface area is 115 Å². The molecule has 2 rings (SSSR count). The molecule has 0 bridgehead atoms. The van der Waals surface area contributed by atoms with Crippen LogP contribution in [0.1, 0.15) is 57.8 Å². The van der Waals surface area contributed by atoms with Gasteiger partial charge < -0.3 is 11.1 Å². The van der Waals surface area contributed by atoms with E-state index >= 15 is 0 Å². The SMILES string of the molecule is NC(=S)C1(C(=O)NCC2CCCCC2)CCCC1. The molecule has 0 saturated heterocycles. The normalized spacial score (nSPS) is 23.8. The Balaban J connectivity index is 1.87. The summed E-state index contributed by atoms with van der Waals surface area (Å²) >= 11 is 5.13. The minimum absolute atomic E-state index is 0.0815. The fourth-order valence-electron chi connectivity index (χ4n) is 3.36. The molecule has 1 amide bonds. The van der Waals surface area contributed by atoms with Crippen LogP contribution in [-0.4, -0.2) is 17.4 Å². The van der Waals surface area contributed by atoms with Gasteiger partial charge in [-0.25, -0.2) is 0 Å². The fourth-order valence-corrected chi connectivity index (χ4v) is 3.66. The van der Waals surface area contributed by atoms with E-state index in [9.17, 15) is 4.79 Å².